The van der Waals surface area contributed by atoms with Crippen molar-refractivity contribution in [2.24, 2.45) is 0 Å². The molecule has 2 fully saturated rings. The molecule has 0 spiro atoms. The number of alkyl carbamates (subject to hydrolysis) is 1. The zero-order valence-corrected chi connectivity index (χ0v) is 19.5. The molecule has 1 N–H and O–H groups in total. The van der Waals surface area contributed by atoms with Gasteiger partial charge in [0.1, 0.15) is 17.7 Å². The number of ether oxygens (including phenoxy) is 2. The number of methoxy groups -OCH3 is 1. The van der Waals surface area contributed by atoms with Crippen molar-refractivity contribution >= 4 is 23.9 Å². The highest BCUT2D eigenvalue weighted by Crippen LogP contribution is 2.30. The number of nitrogens with one attached hydrogen (secondary N) is 1. The predicted octanol–water partition coefficient (Wildman–Crippen LogP) is 1.84. The zero-order chi connectivity index (χ0) is 23.9. The number of hydrogen-bond acceptors (Lipinski definition) is 6. The zero-order valence-electron chi connectivity index (χ0n) is 19.5. The molecule has 0 radical (unpaired) electrons. The number of hydrogen-bond donors (Lipinski definition) is 1. The second-order valence-corrected chi connectivity index (χ2v) is 9.25. The molecule has 0 unspecified atom stereocenters. The second kappa shape index (κ2) is 11.2. The first kappa shape index (κ1) is 25.5. The highest BCUT2D eigenvalue weighted by atomic mass is 16.6. The third-order valence-corrected chi connectivity index (χ3v) is 5.67. The lowest BCUT2D eigenvalue weighted by molar-refractivity contribution is -0.154. The van der Waals surface area contributed by atoms with Gasteiger partial charge in [0, 0.05) is 25.4 Å². The molecule has 9 heteroatoms. The molecule has 0 bridgehead atoms. The summed E-state index contributed by atoms with van der Waals surface area (Å²) in [5.74, 6) is 1.60. The minimum atomic E-state index is -1.02. The van der Waals surface area contributed by atoms with Crippen LogP contribution in [0.15, 0.2) is 0 Å². The summed E-state index contributed by atoms with van der Waals surface area (Å²) < 4.78 is 10.2. The maximum Gasteiger partial charge on any atom is 0.408 e. The lowest BCUT2D eigenvalue weighted by Crippen LogP contribution is -2.60. The molecule has 0 aromatic carbocycles. The standard InChI is InChI=1S/C23H35N3O6/c1-6-7-8-9-10-19(27)25-14-13-16-11-12-18(21(29)31-5)26(16)20(28)17(15-25)24-22(30)32-23(2,3)4/h1,16-18H,7-15H2,2-5H3,(H,24,30)/t16-,17+,18+/m1/s1. The fourth-order valence-corrected chi connectivity index (χ4v) is 4.19. The molecule has 2 rings (SSSR count). The Bertz CT molecular complexity index is 754. The monoisotopic (exact) mass is 449 g/mol. The van der Waals surface area contributed by atoms with Gasteiger partial charge in [0.25, 0.3) is 0 Å². The van der Waals surface area contributed by atoms with Gasteiger partial charge in [-0.2, -0.15) is 0 Å². The van der Waals surface area contributed by atoms with E-state index >= 15 is 0 Å². The van der Waals surface area contributed by atoms with Gasteiger partial charge < -0.3 is 24.6 Å². The van der Waals surface area contributed by atoms with Crippen molar-refractivity contribution in [3.63, 3.8) is 0 Å². The van der Waals surface area contributed by atoms with Gasteiger partial charge in [0.2, 0.25) is 11.8 Å². The van der Waals surface area contributed by atoms with Crippen molar-refractivity contribution in [1.29, 1.82) is 0 Å². The van der Waals surface area contributed by atoms with Gasteiger partial charge in [-0.15, -0.1) is 12.3 Å². The van der Waals surface area contributed by atoms with Gasteiger partial charge in [0.05, 0.1) is 13.7 Å². The highest BCUT2D eigenvalue weighted by molar-refractivity contribution is 5.91. The van der Waals surface area contributed by atoms with E-state index in [-0.39, 0.29) is 18.5 Å². The molecule has 3 atom stereocenters. The largest absolute Gasteiger partial charge is 0.467 e. The van der Waals surface area contributed by atoms with Gasteiger partial charge in [0.15, 0.2) is 0 Å². The van der Waals surface area contributed by atoms with E-state index in [1.165, 1.54) is 12.0 Å². The summed E-state index contributed by atoms with van der Waals surface area (Å²) in [4.78, 5) is 54.2. The number of carbonyl (C=O) groups is 4. The average molecular weight is 450 g/mol. The molecule has 0 aromatic rings. The number of terminal acetylenes is 1. The SMILES string of the molecule is C#CCCCCC(=O)N1CC[C@H]2CC[C@@H](C(=O)OC)N2C(=O)[C@@H](NC(=O)OC(C)(C)C)C1. The minimum Gasteiger partial charge on any atom is -0.467 e. The number of rotatable bonds is 6. The lowest BCUT2D eigenvalue weighted by atomic mass is 10.1. The van der Waals surface area contributed by atoms with E-state index in [1.807, 2.05) is 0 Å². The fourth-order valence-electron chi connectivity index (χ4n) is 4.19. The summed E-state index contributed by atoms with van der Waals surface area (Å²) >= 11 is 0. The number of unbranched alkanes of at least 4 members (excludes halogenated alkanes) is 2. The van der Waals surface area contributed by atoms with Gasteiger partial charge in [-0.1, -0.05) is 0 Å². The molecule has 0 aliphatic carbocycles. The van der Waals surface area contributed by atoms with Gasteiger partial charge in [-0.05, 0) is 52.9 Å². The minimum absolute atomic E-state index is 0.0170. The molecule has 32 heavy (non-hydrogen) atoms. The molecule has 178 valence electrons. The lowest BCUT2D eigenvalue weighted by Gasteiger charge is -2.38. The van der Waals surface area contributed by atoms with E-state index in [0.29, 0.717) is 45.1 Å². The summed E-state index contributed by atoms with van der Waals surface area (Å²) in [7, 11) is 1.29. The van der Waals surface area contributed by atoms with Crippen LogP contribution < -0.4 is 5.32 Å². The van der Waals surface area contributed by atoms with E-state index in [1.54, 1.807) is 25.7 Å². The molecule has 0 saturated carbocycles. The topological polar surface area (TPSA) is 105 Å². The Morgan fingerprint density at radius 2 is 1.91 bits per heavy atom. The van der Waals surface area contributed by atoms with E-state index in [2.05, 4.69) is 11.2 Å². The number of nitrogens with zero attached hydrogens (tertiary/aromatic N) is 2. The van der Waals surface area contributed by atoms with Gasteiger partial charge >= 0.3 is 12.1 Å². The van der Waals surface area contributed by atoms with E-state index in [9.17, 15) is 19.2 Å². The van der Waals surface area contributed by atoms with Gasteiger partial charge in [-0.3, -0.25) is 9.59 Å². The number of carbonyl (C=O) groups excluding carboxylic acids is 4. The van der Waals surface area contributed by atoms with Crippen LogP contribution in [0.25, 0.3) is 0 Å². The first-order valence-corrected chi connectivity index (χ1v) is 11.2. The summed E-state index contributed by atoms with van der Waals surface area (Å²) in [6, 6.07) is -1.91. The Morgan fingerprint density at radius 1 is 1.19 bits per heavy atom. The van der Waals surface area contributed by atoms with Crippen LogP contribution in [-0.4, -0.2) is 77.6 Å². The van der Waals surface area contributed by atoms with Crippen molar-refractivity contribution in [3.05, 3.63) is 0 Å². The predicted molar refractivity (Wildman–Crippen MR) is 117 cm³/mol. The maximum atomic E-state index is 13.5. The van der Waals surface area contributed by atoms with Crippen LogP contribution in [0.3, 0.4) is 0 Å². The normalized spacial score (nSPS) is 23.5. The Balaban J connectivity index is 2.21. The van der Waals surface area contributed by atoms with Crippen LogP contribution in [0.4, 0.5) is 4.79 Å². The summed E-state index contributed by atoms with van der Waals surface area (Å²) in [6.07, 6.45) is 8.57. The first-order chi connectivity index (χ1) is 15.1. The number of esters is 1. The molecule has 2 aliphatic rings. The van der Waals surface area contributed by atoms with Crippen LogP contribution in [0.1, 0.15) is 65.7 Å². The van der Waals surface area contributed by atoms with Crippen molar-refractivity contribution in [2.45, 2.75) is 89.4 Å². The third kappa shape index (κ3) is 6.87. The fraction of sp³-hybridized carbons (Fsp3) is 0.739. The summed E-state index contributed by atoms with van der Waals surface area (Å²) in [6.45, 7) is 5.62. The Hall–Kier alpha value is -2.76. The smallest absolute Gasteiger partial charge is 0.408 e. The molecule has 3 amide bonds. The van der Waals surface area contributed by atoms with Crippen molar-refractivity contribution in [1.82, 2.24) is 15.1 Å². The van der Waals surface area contributed by atoms with Crippen LogP contribution in [0, 0.1) is 12.3 Å². The van der Waals surface area contributed by atoms with Gasteiger partial charge in [-0.25, -0.2) is 9.59 Å². The van der Waals surface area contributed by atoms with Crippen LogP contribution >= 0.6 is 0 Å². The number of amides is 3. The van der Waals surface area contributed by atoms with E-state index < -0.39 is 35.7 Å². The molecule has 2 aliphatic heterocycles. The van der Waals surface area contributed by atoms with Crippen molar-refractivity contribution in [3.8, 4) is 12.3 Å². The maximum absolute atomic E-state index is 13.5. The summed E-state index contributed by atoms with van der Waals surface area (Å²) in [5, 5.41) is 2.62. The Morgan fingerprint density at radius 3 is 2.53 bits per heavy atom. The molecular weight excluding hydrogens is 414 g/mol. The Labute approximate surface area is 190 Å². The van der Waals surface area contributed by atoms with Crippen LogP contribution in [0.2, 0.25) is 0 Å². The van der Waals surface area contributed by atoms with Crippen molar-refractivity contribution in [2.75, 3.05) is 20.2 Å². The molecular formula is C23H35N3O6. The van der Waals surface area contributed by atoms with Crippen LogP contribution in [-0.2, 0) is 23.9 Å². The summed E-state index contributed by atoms with van der Waals surface area (Å²) in [5.41, 5.74) is -0.744. The second-order valence-electron chi connectivity index (χ2n) is 9.25. The van der Waals surface area contributed by atoms with E-state index in [0.717, 1.165) is 6.42 Å². The third-order valence-electron chi connectivity index (χ3n) is 5.67. The molecule has 9 nitrogen and oxygen atoms in total. The quantitative estimate of drug-likeness (QED) is 0.377. The molecule has 2 saturated heterocycles. The highest BCUT2D eigenvalue weighted by Gasteiger charge is 2.46. The first-order valence-electron chi connectivity index (χ1n) is 11.2. The Kier molecular flexibility index (Phi) is 8.93. The average Bonchev–Trinajstić information content (AvgIpc) is 3.13. The van der Waals surface area contributed by atoms with Crippen molar-refractivity contribution < 1.29 is 28.7 Å². The molecule has 0 aromatic heterocycles. The molecule has 2 heterocycles. The number of fused-ring (bicyclic) bond motifs is 1. The van der Waals surface area contributed by atoms with Crippen LogP contribution in [0.5, 0.6) is 0 Å². The van der Waals surface area contributed by atoms with E-state index in [4.69, 9.17) is 15.9 Å².